The maximum Gasteiger partial charge on any atom is 0.182 e. The molecule has 3 N–H and O–H groups in total. The third kappa shape index (κ3) is 3.01. The quantitative estimate of drug-likeness (QED) is 0.880. The molecule has 0 radical (unpaired) electrons. The number of thiophene rings is 1. The van der Waals surface area contributed by atoms with Gasteiger partial charge in [0.1, 0.15) is 9.90 Å². The van der Waals surface area contributed by atoms with Crippen LogP contribution in [-0.4, -0.2) is 25.6 Å². The zero-order valence-corrected chi connectivity index (χ0v) is 12.2. The van der Waals surface area contributed by atoms with Crippen LogP contribution < -0.4 is 11.1 Å². The van der Waals surface area contributed by atoms with E-state index in [1.807, 2.05) is 11.4 Å². The molecule has 0 aliphatic heterocycles. The van der Waals surface area contributed by atoms with Crippen molar-refractivity contribution in [2.24, 2.45) is 0 Å². The number of nitrogens with two attached hydrogens (primary N) is 1. The molecule has 8 heteroatoms. The Labute approximate surface area is 114 Å². The smallest absolute Gasteiger partial charge is 0.182 e. The molecule has 18 heavy (non-hydrogen) atoms. The molecule has 0 spiro atoms. The molecule has 0 fully saturated rings. The molecular formula is C10H13N3O2S3. The van der Waals surface area contributed by atoms with Gasteiger partial charge in [-0.25, -0.2) is 8.42 Å². The van der Waals surface area contributed by atoms with Gasteiger partial charge in [-0.05, 0) is 40.3 Å². The summed E-state index contributed by atoms with van der Waals surface area (Å²) in [5.41, 5.74) is 6.80. The van der Waals surface area contributed by atoms with Crippen LogP contribution in [0.3, 0.4) is 0 Å². The molecule has 0 aromatic carbocycles. The zero-order valence-electron chi connectivity index (χ0n) is 9.71. The van der Waals surface area contributed by atoms with Gasteiger partial charge in [0.25, 0.3) is 0 Å². The highest BCUT2D eigenvalue weighted by atomic mass is 32.2. The minimum absolute atomic E-state index is 0.0699. The molecule has 2 heterocycles. The number of nitrogens with zero attached hydrogens (tertiary/aromatic N) is 1. The molecule has 98 valence electrons. The zero-order chi connectivity index (χ0) is 13.2. The number of anilines is 2. The normalized spacial score (nSPS) is 11.6. The van der Waals surface area contributed by atoms with Crippen molar-refractivity contribution in [1.82, 2.24) is 4.37 Å². The van der Waals surface area contributed by atoms with Crippen molar-refractivity contribution in [1.29, 1.82) is 0 Å². The van der Waals surface area contributed by atoms with Crippen LogP contribution in [0, 0.1) is 0 Å². The second-order valence-corrected chi connectivity index (χ2v) is 7.31. The van der Waals surface area contributed by atoms with E-state index >= 15 is 0 Å². The van der Waals surface area contributed by atoms with Gasteiger partial charge < -0.3 is 11.1 Å². The summed E-state index contributed by atoms with van der Waals surface area (Å²) in [6.07, 6.45) is 1.97. The summed E-state index contributed by atoms with van der Waals surface area (Å²) < 4.78 is 27.0. The first-order valence-corrected chi connectivity index (χ1v) is 8.79. The largest absolute Gasteiger partial charge is 0.382 e. The number of nitrogen functional groups attached to an aromatic ring is 1. The van der Waals surface area contributed by atoms with Gasteiger partial charge in [-0.15, -0.1) is 0 Å². The summed E-state index contributed by atoms with van der Waals surface area (Å²) in [6.45, 7) is 0.654. The minimum Gasteiger partial charge on any atom is -0.382 e. The Kier molecular flexibility index (Phi) is 3.88. The van der Waals surface area contributed by atoms with Gasteiger partial charge in [0.15, 0.2) is 15.7 Å². The van der Waals surface area contributed by atoms with Crippen LogP contribution in [-0.2, 0) is 16.3 Å². The third-order valence-corrected chi connectivity index (χ3v) is 5.16. The summed E-state index contributed by atoms with van der Waals surface area (Å²) >= 11 is 2.72. The maximum absolute atomic E-state index is 11.6. The molecular weight excluding hydrogens is 290 g/mol. The Balaban J connectivity index is 2.06. The van der Waals surface area contributed by atoms with E-state index in [0.717, 1.165) is 24.2 Å². The molecule has 0 atom stereocenters. The first-order chi connectivity index (χ1) is 8.48. The monoisotopic (exact) mass is 303 g/mol. The van der Waals surface area contributed by atoms with Gasteiger partial charge in [-0.1, -0.05) is 0 Å². The van der Waals surface area contributed by atoms with Crippen LogP contribution in [0.2, 0.25) is 0 Å². The van der Waals surface area contributed by atoms with Gasteiger partial charge in [0.2, 0.25) is 0 Å². The minimum atomic E-state index is -3.34. The van der Waals surface area contributed by atoms with Crippen molar-refractivity contribution >= 4 is 43.5 Å². The standard InChI is InChI=1S/C10H13N3O2S3/c1-18(14,15)8-9(11)13-17-10(8)12-4-2-7-3-5-16-6-7/h3,5-6,12H,2,4H2,1H3,(H2,11,13). The number of hydrogen-bond donors (Lipinski definition) is 2. The van der Waals surface area contributed by atoms with Crippen molar-refractivity contribution in [2.45, 2.75) is 11.3 Å². The van der Waals surface area contributed by atoms with Crippen molar-refractivity contribution in [3.8, 4) is 0 Å². The molecule has 0 saturated carbocycles. The lowest BCUT2D eigenvalue weighted by Gasteiger charge is -2.04. The number of aromatic nitrogens is 1. The Bertz CT molecular complexity index is 617. The summed E-state index contributed by atoms with van der Waals surface area (Å²) in [7, 11) is -3.34. The first kappa shape index (κ1) is 13.3. The Morgan fingerprint density at radius 2 is 2.28 bits per heavy atom. The van der Waals surface area contributed by atoms with Crippen molar-refractivity contribution < 1.29 is 8.42 Å². The fraction of sp³-hybridized carbons (Fsp3) is 0.300. The van der Waals surface area contributed by atoms with Crippen LogP contribution in [0.1, 0.15) is 5.56 Å². The van der Waals surface area contributed by atoms with Crippen molar-refractivity contribution in [3.63, 3.8) is 0 Å². The number of hydrogen-bond acceptors (Lipinski definition) is 7. The molecule has 0 bridgehead atoms. The average molecular weight is 303 g/mol. The molecule has 0 amide bonds. The second kappa shape index (κ2) is 5.25. The third-order valence-electron chi connectivity index (χ3n) is 2.32. The fourth-order valence-electron chi connectivity index (χ4n) is 1.52. The summed E-state index contributed by atoms with van der Waals surface area (Å²) in [5, 5.41) is 7.68. The highest BCUT2D eigenvalue weighted by Crippen LogP contribution is 2.31. The summed E-state index contributed by atoms with van der Waals surface area (Å²) in [5.74, 6) is 0.0699. The van der Waals surface area contributed by atoms with E-state index in [1.165, 1.54) is 5.56 Å². The number of rotatable bonds is 5. The molecule has 5 nitrogen and oxygen atoms in total. The van der Waals surface area contributed by atoms with Gasteiger partial charge in [0.05, 0.1) is 0 Å². The first-order valence-electron chi connectivity index (χ1n) is 5.18. The average Bonchev–Trinajstić information content (AvgIpc) is 2.87. The molecule has 2 rings (SSSR count). The highest BCUT2D eigenvalue weighted by Gasteiger charge is 2.20. The van der Waals surface area contributed by atoms with Crippen LogP contribution in [0.15, 0.2) is 21.7 Å². The lowest BCUT2D eigenvalue weighted by Crippen LogP contribution is -2.08. The van der Waals surface area contributed by atoms with Crippen LogP contribution in [0.4, 0.5) is 10.8 Å². The van der Waals surface area contributed by atoms with Crippen LogP contribution >= 0.6 is 22.9 Å². The van der Waals surface area contributed by atoms with E-state index in [0.29, 0.717) is 11.5 Å². The van der Waals surface area contributed by atoms with Crippen molar-refractivity contribution in [3.05, 3.63) is 22.4 Å². The van der Waals surface area contributed by atoms with Crippen molar-refractivity contribution in [2.75, 3.05) is 23.9 Å². The fourth-order valence-corrected chi connectivity index (χ4v) is 4.32. The van der Waals surface area contributed by atoms with Gasteiger partial charge in [-0.2, -0.15) is 15.7 Å². The SMILES string of the molecule is CS(=O)(=O)c1c(N)nsc1NCCc1ccsc1. The van der Waals surface area contributed by atoms with E-state index in [1.54, 1.807) is 11.3 Å². The highest BCUT2D eigenvalue weighted by molar-refractivity contribution is 7.91. The summed E-state index contributed by atoms with van der Waals surface area (Å²) in [6, 6.07) is 2.05. The summed E-state index contributed by atoms with van der Waals surface area (Å²) in [4.78, 5) is 0.109. The molecule has 0 saturated heterocycles. The molecule has 0 aliphatic carbocycles. The van der Waals surface area contributed by atoms with E-state index in [-0.39, 0.29) is 10.7 Å². The predicted octanol–water partition coefficient (Wildman–Crippen LogP) is 1.84. The lowest BCUT2D eigenvalue weighted by atomic mass is 10.2. The number of nitrogens with one attached hydrogen (secondary N) is 1. The number of sulfone groups is 1. The van der Waals surface area contributed by atoms with Crippen LogP contribution in [0.5, 0.6) is 0 Å². The maximum atomic E-state index is 11.6. The Morgan fingerprint density at radius 1 is 1.50 bits per heavy atom. The van der Waals surface area contributed by atoms with E-state index in [4.69, 9.17) is 5.73 Å². The molecule has 0 aliphatic rings. The Morgan fingerprint density at radius 3 is 2.89 bits per heavy atom. The van der Waals surface area contributed by atoms with E-state index < -0.39 is 9.84 Å². The molecule has 2 aromatic rings. The second-order valence-electron chi connectivity index (χ2n) is 3.81. The van der Waals surface area contributed by atoms with Crippen LogP contribution in [0.25, 0.3) is 0 Å². The van der Waals surface area contributed by atoms with E-state index in [2.05, 4.69) is 15.1 Å². The topological polar surface area (TPSA) is 85.1 Å². The predicted molar refractivity (Wildman–Crippen MR) is 76.1 cm³/mol. The Hall–Kier alpha value is -1.12. The molecule has 2 aromatic heterocycles. The molecule has 0 unspecified atom stereocenters. The van der Waals surface area contributed by atoms with Gasteiger partial charge >= 0.3 is 0 Å². The lowest BCUT2D eigenvalue weighted by molar-refractivity contribution is 0.602. The van der Waals surface area contributed by atoms with Gasteiger partial charge in [-0.3, -0.25) is 0 Å². The van der Waals surface area contributed by atoms with Gasteiger partial charge in [0, 0.05) is 12.8 Å². The van der Waals surface area contributed by atoms with E-state index in [9.17, 15) is 8.42 Å².